The molecule has 1 aromatic rings. The zero-order valence-corrected chi connectivity index (χ0v) is 10.2. The van der Waals surface area contributed by atoms with Crippen LogP contribution in [0.5, 0.6) is 0 Å². The number of nitriles is 1. The van der Waals surface area contributed by atoms with Gasteiger partial charge in [-0.1, -0.05) is 0 Å². The normalized spacial score (nSPS) is 11.6. The average molecular weight is 253 g/mol. The van der Waals surface area contributed by atoms with E-state index < -0.39 is 17.0 Å². The summed E-state index contributed by atoms with van der Waals surface area (Å²) in [6.07, 6.45) is 1.38. The van der Waals surface area contributed by atoms with E-state index in [0.717, 1.165) is 0 Å². The zero-order valence-electron chi connectivity index (χ0n) is 9.43. The molecule has 5 nitrogen and oxygen atoms in total. The van der Waals surface area contributed by atoms with Gasteiger partial charge in [0.2, 0.25) is 0 Å². The molecule has 1 aromatic carbocycles. The quantitative estimate of drug-likeness (QED) is 0.752. The summed E-state index contributed by atoms with van der Waals surface area (Å²) in [5, 5.41) is 8.76. The van der Waals surface area contributed by atoms with Crippen LogP contribution < -0.4 is 0 Å². The van der Waals surface area contributed by atoms with Gasteiger partial charge in [0, 0.05) is 6.26 Å². The number of ether oxygens (including phenoxy) is 1. The molecule has 0 radical (unpaired) electrons. The molecule has 90 valence electrons. The van der Waals surface area contributed by atoms with Crippen molar-refractivity contribution in [2.24, 2.45) is 0 Å². The third-order valence-corrected chi connectivity index (χ3v) is 2.47. The van der Waals surface area contributed by atoms with Gasteiger partial charge in [-0.2, -0.15) is 5.26 Å². The SMILES string of the molecule is COC(=O)c1ccc(C#N)cc1COS(C)=O. The molecule has 1 rings (SSSR count). The summed E-state index contributed by atoms with van der Waals surface area (Å²) in [4.78, 5) is 11.4. The van der Waals surface area contributed by atoms with Gasteiger partial charge in [0.1, 0.15) is 0 Å². The number of methoxy groups -OCH3 is 1. The fourth-order valence-corrected chi connectivity index (χ4v) is 1.53. The van der Waals surface area contributed by atoms with Crippen molar-refractivity contribution < 1.29 is 17.9 Å². The first-order valence-electron chi connectivity index (χ1n) is 4.66. The van der Waals surface area contributed by atoms with E-state index >= 15 is 0 Å². The molecule has 0 N–H and O–H groups in total. The largest absolute Gasteiger partial charge is 0.465 e. The number of carbonyl (C=O) groups is 1. The van der Waals surface area contributed by atoms with E-state index in [9.17, 15) is 9.00 Å². The summed E-state index contributed by atoms with van der Waals surface area (Å²) < 4.78 is 20.4. The first-order chi connectivity index (χ1) is 8.08. The van der Waals surface area contributed by atoms with Crippen LogP contribution in [-0.2, 0) is 26.6 Å². The first kappa shape index (κ1) is 13.4. The molecule has 0 saturated heterocycles. The lowest BCUT2D eigenvalue weighted by molar-refractivity contribution is 0.0598. The molecule has 1 unspecified atom stereocenters. The molecule has 1 atom stereocenters. The Hall–Kier alpha value is -1.71. The van der Waals surface area contributed by atoms with Gasteiger partial charge in [-0.25, -0.2) is 9.00 Å². The molecule has 0 heterocycles. The summed E-state index contributed by atoms with van der Waals surface area (Å²) in [6, 6.07) is 6.47. The van der Waals surface area contributed by atoms with Crippen LogP contribution in [0.1, 0.15) is 21.5 Å². The average Bonchev–Trinajstić information content (AvgIpc) is 2.34. The third kappa shape index (κ3) is 3.66. The van der Waals surface area contributed by atoms with Gasteiger partial charge >= 0.3 is 5.97 Å². The third-order valence-electron chi connectivity index (χ3n) is 2.02. The molecular weight excluding hydrogens is 242 g/mol. The predicted molar refractivity (Wildman–Crippen MR) is 61.4 cm³/mol. The number of hydrogen-bond acceptors (Lipinski definition) is 5. The molecular formula is C11H11NO4S. The molecule has 0 saturated carbocycles. The van der Waals surface area contributed by atoms with Crippen LogP contribution >= 0.6 is 0 Å². The predicted octanol–water partition coefficient (Wildman–Crippen LogP) is 1.15. The van der Waals surface area contributed by atoms with Gasteiger partial charge in [0.05, 0.1) is 30.9 Å². The van der Waals surface area contributed by atoms with E-state index in [2.05, 4.69) is 4.74 Å². The summed E-state index contributed by atoms with van der Waals surface area (Å²) in [7, 11) is 1.27. The smallest absolute Gasteiger partial charge is 0.338 e. The van der Waals surface area contributed by atoms with Gasteiger partial charge < -0.3 is 4.74 Å². The fourth-order valence-electron chi connectivity index (χ4n) is 1.24. The van der Waals surface area contributed by atoms with E-state index in [1.54, 1.807) is 0 Å². The van der Waals surface area contributed by atoms with E-state index in [-0.39, 0.29) is 6.61 Å². The van der Waals surface area contributed by atoms with E-state index in [1.807, 2.05) is 6.07 Å². The van der Waals surface area contributed by atoms with Crippen LogP contribution in [0.25, 0.3) is 0 Å². The van der Waals surface area contributed by atoms with Crippen LogP contribution in [0.2, 0.25) is 0 Å². The Bertz CT molecular complexity index is 493. The lowest BCUT2D eigenvalue weighted by Gasteiger charge is -2.07. The molecule has 0 spiro atoms. The van der Waals surface area contributed by atoms with Crippen molar-refractivity contribution in [3.8, 4) is 6.07 Å². The Morgan fingerprint density at radius 1 is 1.53 bits per heavy atom. The topological polar surface area (TPSA) is 76.4 Å². The second-order valence-corrected chi connectivity index (χ2v) is 4.18. The van der Waals surface area contributed by atoms with Crippen molar-refractivity contribution in [2.45, 2.75) is 6.61 Å². The van der Waals surface area contributed by atoms with Crippen molar-refractivity contribution in [3.63, 3.8) is 0 Å². The highest BCUT2D eigenvalue weighted by molar-refractivity contribution is 7.79. The second kappa shape index (κ2) is 6.13. The van der Waals surface area contributed by atoms with Crippen molar-refractivity contribution in [2.75, 3.05) is 13.4 Å². The molecule has 17 heavy (non-hydrogen) atoms. The standard InChI is InChI=1S/C11H11NO4S/c1-15-11(13)10-4-3-8(6-12)5-9(10)7-16-17(2)14/h3-5H,7H2,1-2H3. The minimum Gasteiger partial charge on any atom is -0.465 e. The second-order valence-electron chi connectivity index (χ2n) is 3.14. The van der Waals surface area contributed by atoms with E-state index in [0.29, 0.717) is 16.7 Å². The Balaban J connectivity index is 3.08. The molecule has 0 aliphatic heterocycles. The fraction of sp³-hybridized carbons (Fsp3) is 0.273. The molecule has 0 aliphatic rings. The summed E-state index contributed by atoms with van der Waals surface area (Å²) >= 11 is -1.43. The van der Waals surface area contributed by atoms with E-state index in [1.165, 1.54) is 31.6 Å². The van der Waals surface area contributed by atoms with Gasteiger partial charge in [-0.3, -0.25) is 4.18 Å². The molecule has 0 aromatic heterocycles. The minimum absolute atomic E-state index is 0.0108. The van der Waals surface area contributed by atoms with Gasteiger partial charge in [0.15, 0.2) is 11.1 Å². The van der Waals surface area contributed by atoms with Crippen LogP contribution in [0.15, 0.2) is 18.2 Å². The Morgan fingerprint density at radius 3 is 2.76 bits per heavy atom. The van der Waals surface area contributed by atoms with Crippen LogP contribution in [0, 0.1) is 11.3 Å². The maximum absolute atomic E-state index is 11.4. The lowest BCUT2D eigenvalue weighted by Crippen LogP contribution is -2.08. The monoisotopic (exact) mass is 253 g/mol. The van der Waals surface area contributed by atoms with Crippen LogP contribution in [-0.4, -0.2) is 23.5 Å². The van der Waals surface area contributed by atoms with Crippen molar-refractivity contribution >= 4 is 17.0 Å². The number of esters is 1. The Kier molecular flexibility index (Phi) is 4.82. The minimum atomic E-state index is -1.43. The molecule has 0 bridgehead atoms. The van der Waals surface area contributed by atoms with Gasteiger partial charge in [-0.05, 0) is 23.8 Å². The zero-order chi connectivity index (χ0) is 12.8. The Labute approximate surface area is 102 Å². The molecule has 0 amide bonds. The summed E-state index contributed by atoms with van der Waals surface area (Å²) in [5.74, 6) is -0.519. The molecule has 0 aliphatic carbocycles. The number of nitrogens with zero attached hydrogens (tertiary/aromatic N) is 1. The maximum atomic E-state index is 11.4. The molecule has 6 heteroatoms. The van der Waals surface area contributed by atoms with Crippen molar-refractivity contribution in [3.05, 3.63) is 34.9 Å². The summed E-state index contributed by atoms with van der Waals surface area (Å²) in [6.45, 7) is -0.0108. The highest BCUT2D eigenvalue weighted by atomic mass is 32.2. The van der Waals surface area contributed by atoms with Crippen molar-refractivity contribution in [1.29, 1.82) is 5.26 Å². The number of carbonyl (C=O) groups excluding carboxylic acids is 1. The highest BCUT2D eigenvalue weighted by Gasteiger charge is 2.13. The number of benzene rings is 1. The van der Waals surface area contributed by atoms with Gasteiger partial charge in [-0.15, -0.1) is 0 Å². The number of hydrogen-bond donors (Lipinski definition) is 0. The number of rotatable bonds is 4. The molecule has 0 fully saturated rings. The highest BCUT2D eigenvalue weighted by Crippen LogP contribution is 2.14. The van der Waals surface area contributed by atoms with Crippen molar-refractivity contribution in [1.82, 2.24) is 0 Å². The summed E-state index contributed by atoms with van der Waals surface area (Å²) in [5.41, 5.74) is 1.18. The van der Waals surface area contributed by atoms with Crippen LogP contribution in [0.3, 0.4) is 0 Å². The van der Waals surface area contributed by atoms with Crippen LogP contribution in [0.4, 0.5) is 0 Å². The van der Waals surface area contributed by atoms with Gasteiger partial charge in [0.25, 0.3) is 0 Å². The maximum Gasteiger partial charge on any atom is 0.338 e. The Morgan fingerprint density at radius 2 is 2.24 bits per heavy atom. The lowest BCUT2D eigenvalue weighted by atomic mass is 10.1. The first-order valence-corrected chi connectivity index (χ1v) is 6.15. The van der Waals surface area contributed by atoms with E-state index in [4.69, 9.17) is 9.44 Å².